The molecule has 6 nitrogen and oxygen atoms in total. The van der Waals surface area contributed by atoms with Gasteiger partial charge in [0.25, 0.3) is 0 Å². The summed E-state index contributed by atoms with van der Waals surface area (Å²) in [6.45, 7) is 4.53. The molecule has 3 heterocycles. The smallest absolute Gasteiger partial charge is 0.245 e. The zero-order valence-electron chi connectivity index (χ0n) is 11.4. The fourth-order valence-corrected chi connectivity index (χ4v) is 4.32. The number of pyridine rings is 1. The van der Waals surface area contributed by atoms with E-state index in [-0.39, 0.29) is 17.0 Å². The van der Waals surface area contributed by atoms with E-state index in [0.717, 1.165) is 0 Å². The van der Waals surface area contributed by atoms with E-state index in [1.54, 1.807) is 18.3 Å². The number of hydrogen-bond acceptors (Lipinski definition) is 4. The standard InChI is InChI=1S/C13H17N3O3S/c1-9-8-19-10(2)7-16(9)20(17,18)12-6-15-13-11(12)4-3-5-14-13/h3-6,9-10H,7-8H2,1-2H3,(H,14,15). The largest absolute Gasteiger partial charge is 0.375 e. The maximum absolute atomic E-state index is 12.8. The summed E-state index contributed by atoms with van der Waals surface area (Å²) in [5, 5.41) is 0.624. The topological polar surface area (TPSA) is 75.3 Å². The SMILES string of the molecule is CC1CN(S(=O)(=O)c2c[nH]c3ncccc23)C(C)CO1. The normalized spacial score (nSPS) is 25.1. The molecule has 0 spiro atoms. The third kappa shape index (κ3) is 2.11. The molecule has 20 heavy (non-hydrogen) atoms. The third-order valence-electron chi connectivity index (χ3n) is 3.55. The van der Waals surface area contributed by atoms with Gasteiger partial charge >= 0.3 is 0 Å². The average molecular weight is 295 g/mol. The minimum absolute atomic E-state index is 0.0932. The summed E-state index contributed by atoms with van der Waals surface area (Å²) in [5.41, 5.74) is 0.583. The number of nitrogens with zero attached hydrogens (tertiary/aromatic N) is 2. The lowest BCUT2D eigenvalue weighted by molar-refractivity contribution is -0.0170. The van der Waals surface area contributed by atoms with Crippen LogP contribution in [0.4, 0.5) is 0 Å². The fraction of sp³-hybridized carbons (Fsp3) is 0.462. The molecular weight excluding hydrogens is 278 g/mol. The van der Waals surface area contributed by atoms with E-state index in [1.165, 1.54) is 10.5 Å². The molecule has 1 fully saturated rings. The summed E-state index contributed by atoms with van der Waals surface area (Å²) >= 11 is 0. The number of morpholine rings is 1. The molecule has 0 aromatic carbocycles. The second-order valence-corrected chi connectivity index (χ2v) is 6.98. The van der Waals surface area contributed by atoms with Gasteiger partial charge in [0.1, 0.15) is 10.5 Å². The molecule has 7 heteroatoms. The highest BCUT2D eigenvalue weighted by molar-refractivity contribution is 7.89. The minimum atomic E-state index is -3.55. The van der Waals surface area contributed by atoms with Crippen LogP contribution >= 0.6 is 0 Å². The van der Waals surface area contributed by atoms with Crippen molar-refractivity contribution < 1.29 is 13.2 Å². The van der Waals surface area contributed by atoms with E-state index in [2.05, 4.69) is 9.97 Å². The Balaban J connectivity index is 2.07. The van der Waals surface area contributed by atoms with Gasteiger partial charge in [-0.25, -0.2) is 13.4 Å². The summed E-state index contributed by atoms with van der Waals surface area (Å²) in [5.74, 6) is 0. The predicted molar refractivity (Wildman–Crippen MR) is 74.9 cm³/mol. The summed E-state index contributed by atoms with van der Waals surface area (Å²) < 4.78 is 32.7. The lowest BCUT2D eigenvalue weighted by atomic mass is 10.2. The van der Waals surface area contributed by atoms with Gasteiger partial charge in [-0.15, -0.1) is 0 Å². The molecule has 2 aromatic heterocycles. The average Bonchev–Trinajstić information content (AvgIpc) is 2.86. The van der Waals surface area contributed by atoms with Gasteiger partial charge in [0, 0.05) is 30.4 Å². The highest BCUT2D eigenvalue weighted by atomic mass is 32.2. The summed E-state index contributed by atoms with van der Waals surface area (Å²) in [6.07, 6.45) is 3.05. The molecule has 0 bridgehead atoms. The molecule has 0 aliphatic carbocycles. The Morgan fingerprint density at radius 2 is 2.25 bits per heavy atom. The van der Waals surface area contributed by atoms with Gasteiger partial charge in [-0.1, -0.05) is 0 Å². The Kier molecular flexibility index (Phi) is 3.27. The van der Waals surface area contributed by atoms with E-state index < -0.39 is 10.0 Å². The number of hydrogen-bond donors (Lipinski definition) is 1. The van der Waals surface area contributed by atoms with Crippen LogP contribution in [0.1, 0.15) is 13.8 Å². The maximum atomic E-state index is 12.8. The van der Waals surface area contributed by atoms with Gasteiger partial charge in [-0.2, -0.15) is 4.31 Å². The lowest BCUT2D eigenvalue weighted by Crippen LogP contribution is -2.49. The van der Waals surface area contributed by atoms with Crippen molar-refractivity contribution >= 4 is 21.1 Å². The van der Waals surface area contributed by atoms with Crippen molar-refractivity contribution in [3.63, 3.8) is 0 Å². The van der Waals surface area contributed by atoms with Gasteiger partial charge in [0.05, 0.1) is 12.7 Å². The van der Waals surface area contributed by atoms with Crippen LogP contribution in [0.25, 0.3) is 11.0 Å². The first-order valence-electron chi connectivity index (χ1n) is 6.55. The Hall–Kier alpha value is -1.44. The number of sulfonamides is 1. The molecule has 1 saturated heterocycles. The minimum Gasteiger partial charge on any atom is -0.375 e. The monoisotopic (exact) mass is 295 g/mol. The summed E-state index contributed by atoms with van der Waals surface area (Å²) in [7, 11) is -3.55. The number of rotatable bonds is 2. The van der Waals surface area contributed by atoms with Crippen LogP contribution in [0, 0.1) is 0 Å². The highest BCUT2D eigenvalue weighted by Gasteiger charge is 2.35. The zero-order chi connectivity index (χ0) is 14.3. The van der Waals surface area contributed by atoms with Crippen molar-refractivity contribution in [3.05, 3.63) is 24.5 Å². The molecule has 1 aliphatic rings. The van der Waals surface area contributed by atoms with Crippen LogP contribution in [0.2, 0.25) is 0 Å². The van der Waals surface area contributed by atoms with Crippen LogP contribution in [0.3, 0.4) is 0 Å². The quantitative estimate of drug-likeness (QED) is 0.907. The van der Waals surface area contributed by atoms with Crippen molar-refractivity contribution in [2.75, 3.05) is 13.2 Å². The van der Waals surface area contributed by atoms with Crippen molar-refractivity contribution in [2.24, 2.45) is 0 Å². The molecule has 108 valence electrons. The van der Waals surface area contributed by atoms with Crippen LogP contribution in [0.15, 0.2) is 29.4 Å². The highest BCUT2D eigenvalue weighted by Crippen LogP contribution is 2.27. The van der Waals surface area contributed by atoms with E-state index in [9.17, 15) is 8.42 Å². The number of aromatic nitrogens is 2. The van der Waals surface area contributed by atoms with Crippen LogP contribution in [0.5, 0.6) is 0 Å². The molecule has 0 amide bonds. The molecule has 0 radical (unpaired) electrons. The zero-order valence-corrected chi connectivity index (χ0v) is 12.2. The first-order valence-corrected chi connectivity index (χ1v) is 7.99. The number of ether oxygens (including phenoxy) is 1. The predicted octanol–water partition coefficient (Wildman–Crippen LogP) is 1.36. The Morgan fingerprint density at radius 1 is 1.45 bits per heavy atom. The summed E-state index contributed by atoms with van der Waals surface area (Å²) in [6, 6.07) is 3.33. The molecule has 2 aromatic rings. The van der Waals surface area contributed by atoms with Gasteiger partial charge in [0.2, 0.25) is 10.0 Å². The molecule has 2 atom stereocenters. The van der Waals surface area contributed by atoms with Gasteiger partial charge in [0.15, 0.2) is 0 Å². The second kappa shape index (κ2) is 4.83. The number of aromatic amines is 1. The first-order chi connectivity index (χ1) is 9.50. The van der Waals surface area contributed by atoms with E-state index in [0.29, 0.717) is 24.2 Å². The van der Waals surface area contributed by atoms with Crippen molar-refractivity contribution in [2.45, 2.75) is 30.9 Å². The first kappa shape index (κ1) is 13.5. The van der Waals surface area contributed by atoms with E-state index >= 15 is 0 Å². The van der Waals surface area contributed by atoms with E-state index in [4.69, 9.17) is 4.74 Å². The summed E-state index contributed by atoms with van der Waals surface area (Å²) in [4.78, 5) is 7.32. The fourth-order valence-electron chi connectivity index (χ4n) is 2.48. The lowest BCUT2D eigenvalue weighted by Gasteiger charge is -2.35. The van der Waals surface area contributed by atoms with Crippen LogP contribution in [-0.2, 0) is 14.8 Å². The van der Waals surface area contributed by atoms with Crippen molar-refractivity contribution in [3.8, 4) is 0 Å². The number of fused-ring (bicyclic) bond motifs is 1. The van der Waals surface area contributed by atoms with Crippen molar-refractivity contribution in [1.29, 1.82) is 0 Å². The van der Waals surface area contributed by atoms with Gasteiger partial charge < -0.3 is 9.72 Å². The van der Waals surface area contributed by atoms with Crippen molar-refractivity contribution in [1.82, 2.24) is 14.3 Å². The van der Waals surface area contributed by atoms with Crippen LogP contribution in [-0.4, -0.2) is 48.0 Å². The van der Waals surface area contributed by atoms with E-state index in [1.807, 2.05) is 13.8 Å². The Labute approximate surface area is 117 Å². The number of nitrogens with one attached hydrogen (secondary N) is 1. The molecule has 2 unspecified atom stereocenters. The molecule has 1 N–H and O–H groups in total. The third-order valence-corrected chi connectivity index (χ3v) is 5.57. The Morgan fingerprint density at radius 3 is 3.05 bits per heavy atom. The van der Waals surface area contributed by atoms with Gasteiger partial charge in [-0.3, -0.25) is 0 Å². The molecular formula is C13H17N3O3S. The molecule has 0 saturated carbocycles. The molecule has 1 aliphatic heterocycles. The molecule has 3 rings (SSSR count). The Bertz CT molecular complexity index is 725. The maximum Gasteiger partial charge on any atom is 0.245 e. The second-order valence-electron chi connectivity index (χ2n) is 5.12. The number of H-pyrrole nitrogens is 1. The van der Waals surface area contributed by atoms with Gasteiger partial charge in [-0.05, 0) is 26.0 Å². The van der Waals surface area contributed by atoms with Crippen LogP contribution < -0.4 is 0 Å².